The van der Waals surface area contributed by atoms with Crippen LogP contribution in [0.4, 0.5) is 0 Å². The van der Waals surface area contributed by atoms with Gasteiger partial charge in [0.05, 0.1) is 0 Å². The summed E-state index contributed by atoms with van der Waals surface area (Å²) in [5.41, 5.74) is 0.243. The predicted molar refractivity (Wildman–Crippen MR) is 61.0 cm³/mol. The number of rotatable bonds is 5. The van der Waals surface area contributed by atoms with Crippen molar-refractivity contribution in [3.63, 3.8) is 0 Å². The van der Waals surface area contributed by atoms with Crippen LogP contribution in [0.3, 0.4) is 0 Å². The van der Waals surface area contributed by atoms with Crippen molar-refractivity contribution in [2.75, 3.05) is 6.54 Å². The fraction of sp³-hybridized carbons (Fsp3) is 0.667. The van der Waals surface area contributed by atoms with Gasteiger partial charge >= 0.3 is 5.97 Å². The Morgan fingerprint density at radius 1 is 1.31 bits per heavy atom. The lowest BCUT2D eigenvalue weighted by Crippen LogP contribution is -2.34. The normalized spacial score (nSPS) is 18.8. The van der Waals surface area contributed by atoms with Crippen LogP contribution in [0.2, 0.25) is 0 Å². The Bertz CT molecular complexity index is 291. The Balaban J connectivity index is 2.38. The third-order valence-corrected chi connectivity index (χ3v) is 3.43. The average Bonchev–Trinajstić information content (AvgIpc) is 2.73. The molecule has 0 atom stereocenters. The first-order valence-electron chi connectivity index (χ1n) is 5.77. The van der Waals surface area contributed by atoms with Crippen molar-refractivity contribution >= 4 is 11.9 Å². The molecule has 0 saturated heterocycles. The quantitative estimate of drug-likeness (QED) is 0.700. The van der Waals surface area contributed by atoms with Gasteiger partial charge in [-0.15, -0.1) is 0 Å². The van der Waals surface area contributed by atoms with Gasteiger partial charge in [-0.25, -0.2) is 4.79 Å². The van der Waals surface area contributed by atoms with Gasteiger partial charge in [0.1, 0.15) is 0 Å². The zero-order valence-corrected chi connectivity index (χ0v) is 9.66. The van der Waals surface area contributed by atoms with E-state index in [-0.39, 0.29) is 11.3 Å². The van der Waals surface area contributed by atoms with E-state index in [4.69, 9.17) is 5.11 Å². The summed E-state index contributed by atoms with van der Waals surface area (Å²) in [5, 5.41) is 11.2. The molecule has 0 bridgehead atoms. The lowest BCUT2D eigenvalue weighted by atomic mass is 9.83. The van der Waals surface area contributed by atoms with Crippen LogP contribution in [0.5, 0.6) is 0 Å². The van der Waals surface area contributed by atoms with Crippen LogP contribution in [-0.4, -0.2) is 23.5 Å². The fourth-order valence-electron chi connectivity index (χ4n) is 2.26. The van der Waals surface area contributed by atoms with Gasteiger partial charge in [0.25, 0.3) is 0 Å². The molecule has 1 aliphatic carbocycles. The molecule has 16 heavy (non-hydrogen) atoms. The lowest BCUT2D eigenvalue weighted by Gasteiger charge is -2.27. The second-order valence-corrected chi connectivity index (χ2v) is 4.45. The topological polar surface area (TPSA) is 66.4 Å². The van der Waals surface area contributed by atoms with Crippen molar-refractivity contribution in [3.8, 4) is 0 Å². The standard InChI is InChI=1S/C12H19NO3/c1-2-12(7-3-4-8-12)9-13-10(14)5-6-11(15)16/h5-6H,2-4,7-9H2,1H3,(H,13,14)(H,15,16)/b6-5+. The van der Waals surface area contributed by atoms with Crippen molar-refractivity contribution in [1.29, 1.82) is 0 Å². The number of aliphatic carboxylic acids is 1. The summed E-state index contributed by atoms with van der Waals surface area (Å²) in [6.07, 6.45) is 7.78. The van der Waals surface area contributed by atoms with Gasteiger partial charge in [0, 0.05) is 18.7 Å². The van der Waals surface area contributed by atoms with Crippen molar-refractivity contribution in [3.05, 3.63) is 12.2 Å². The van der Waals surface area contributed by atoms with E-state index in [0.717, 1.165) is 31.4 Å². The molecule has 1 aliphatic rings. The largest absolute Gasteiger partial charge is 0.478 e. The van der Waals surface area contributed by atoms with Gasteiger partial charge < -0.3 is 10.4 Å². The van der Waals surface area contributed by atoms with Gasteiger partial charge in [0.15, 0.2) is 0 Å². The molecule has 0 aromatic rings. The van der Waals surface area contributed by atoms with E-state index in [1.54, 1.807) is 0 Å². The predicted octanol–water partition coefficient (Wildman–Crippen LogP) is 1.71. The monoisotopic (exact) mass is 225 g/mol. The van der Waals surface area contributed by atoms with Crippen LogP contribution in [0.25, 0.3) is 0 Å². The van der Waals surface area contributed by atoms with Crippen molar-refractivity contribution in [2.24, 2.45) is 5.41 Å². The Kier molecular flexibility index (Phi) is 4.52. The van der Waals surface area contributed by atoms with Crippen LogP contribution in [0.15, 0.2) is 12.2 Å². The molecule has 1 fully saturated rings. The van der Waals surface area contributed by atoms with Gasteiger partial charge in [-0.3, -0.25) is 4.79 Å². The van der Waals surface area contributed by atoms with Crippen molar-refractivity contribution < 1.29 is 14.7 Å². The number of hydrogen-bond donors (Lipinski definition) is 2. The van der Waals surface area contributed by atoms with E-state index in [1.807, 2.05) is 0 Å². The molecule has 0 spiro atoms. The summed E-state index contributed by atoms with van der Waals surface area (Å²) in [6.45, 7) is 2.80. The summed E-state index contributed by atoms with van der Waals surface area (Å²) in [5.74, 6) is -1.41. The van der Waals surface area contributed by atoms with Gasteiger partial charge in [-0.1, -0.05) is 19.8 Å². The Labute approximate surface area is 95.7 Å². The van der Waals surface area contributed by atoms with E-state index in [2.05, 4.69) is 12.2 Å². The second-order valence-electron chi connectivity index (χ2n) is 4.45. The number of amides is 1. The Hall–Kier alpha value is -1.32. The molecule has 90 valence electrons. The summed E-state index contributed by atoms with van der Waals surface area (Å²) in [4.78, 5) is 21.5. The average molecular weight is 225 g/mol. The van der Waals surface area contributed by atoms with E-state index in [1.165, 1.54) is 12.8 Å². The summed E-state index contributed by atoms with van der Waals surface area (Å²) in [6, 6.07) is 0. The maximum Gasteiger partial charge on any atom is 0.328 e. The van der Waals surface area contributed by atoms with Crippen LogP contribution in [0, 0.1) is 5.41 Å². The van der Waals surface area contributed by atoms with Gasteiger partial charge in [-0.05, 0) is 24.7 Å². The SMILES string of the molecule is CCC1(CNC(=O)/C=C/C(=O)O)CCCC1. The highest BCUT2D eigenvalue weighted by Gasteiger charge is 2.31. The van der Waals surface area contributed by atoms with Crippen molar-refractivity contribution in [2.45, 2.75) is 39.0 Å². The van der Waals surface area contributed by atoms with Crippen LogP contribution in [0.1, 0.15) is 39.0 Å². The van der Waals surface area contributed by atoms with Crippen LogP contribution >= 0.6 is 0 Å². The van der Waals surface area contributed by atoms with Gasteiger partial charge in [0.2, 0.25) is 5.91 Å². The molecular formula is C12H19NO3. The smallest absolute Gasteiger partial charge is 0.328 e. The minimum absolute atomic E-state index is 0.243. The molecule has 0 heterocycles. The highest BCUT2D eigenvalue weighted by atomic mass is 16.4. The number of carboxylic acid groups (broad SMARTS) is 1. The molecule has 0 aromatic carbocycles. The molecule has 0 radical (unpaired) electrons. The van der Waals surface area contributed by atoms with E-state index in [0.29, 0.717) is 6.54 Å². The molecule has 0 aromatic heterocycles. The highest BCUT2D eigenvalue weighted by molar-refractivity contribution is 5.93. The minimum atomic E-state index is -1.10. The second kappa shape index (κ2) is 5.68. The zero-order valence-electron chi connectivity index (χ0n) is 9.66. The molecule has 1 saturated carbocycles. The fourth-order valence-corrected chi connectivity index (χ4v) is 2.26. The van der Waals surface area contributed by atoms with Crippen LogP contribution < -0.4 is 5.32 Å². The first kappa shape index (κ1) is 12.7. The molecular weight excluding hydrogens is 206 g/mol. The highest BCUT2D eigenvalue weighted by Crippen LogP contribution is 2.40. The molecule has 0 unspecified atom stereocenters. The first-order valence-corrected chi connectivity index (χ1v) is 5.77. The lowest BCUT2D eigenvalue weighted by molar-refractivity contribution is -0.131. The molecule has 2 N–H and O–H groups in total. The first-order chi connectivity index (χ1) is 7.58. The maximum absolute atomic E-state index is 11.3. The number of nitrogens with one attached hydrogen (secondary N) is 1. The Morgan fingerprint density at radius 2 is 1.94 bits per heavy atom. The molecule has 1 amide bonds. The summed E-state index contributed by atoms with van der Waals surface area (Å²) < 4.78 is 0. The molecule has 4 nitrogen and oxygen atoms in total. The zero-order chi connectivity index (χ0) is 12.0. The van der Waals surface area contributed by atoms with E-state index >= 15 is 0 Å². The number of hydrogen-bond acceptors (Lipinski definition) is 2. The van der Waals surface area contributed by atoms with E-state index in [9.17, 15) is 9.59 Å². The maximum atomic E-state index is 11.3. The minimum Gasteiger partial charge on any atom is -0.478 e. The summed E-state index contributed by atoms with van der Waals surface area (Å²) >= 11 is 0. The van der Waals surface area contributed by atoms with Gasteiger partial charge in [-0.2, -0.15) is 0 Å². The molecule has 4 heteroatoms. The number of carbonyl (C=O) groups is 2. The van der Waals surface area contributed by atoms with Crippen LogP contribution in [-0.2, 0) is 9.59 Å². The molecule has 0 aliphatic heterocycles. The van der Waals surface area contributed by atoms with E-state index < -0.39 is 5.97 Å². The van der Waals surface area contributed by atoms with Crippen molar-refractivity contribution in [1.82, 2.24) is 5.32 Å². The molecule has 1 rings (SSSR count). The summed E-state index contributed by atoms with van der Waals surface area (Å²) in [7, 11) is 0. The number of carbonyl (C=O) groups excluding carboxylic acids is 1. The number of carboxylic acids is 1. The third kappa shape index (κ3) is 3.68. The Morgan fingerprint density at radius 3 is 2.44 bits per heavy atom. The third-order valence-electron chi connectivity index (χ3n) is 3.43.